The van der Waals surface area contributed by atoms with E-state index in [0.29, 0.717) is 35.0 Å². The third kappa shape index (κ3) is 2.08. The van der Waals surface area contributed by atoms with Crippen LogP contribution in [0.25, 0.3) is 22.5 Å². The van der Waals surface area contributed by atoms with Crippen molar-refractivity contribution in [2.45, 2.75) is 6.92 Å². The minimum Gasteiger partial charge on any atom is -0.476 e. The SMILES string of the molecule is CCOc1nc(N)nc2ccc(-c3ccco3)nc12. The van der Waals surface area contributed by atoms with Crippen molar-refractivity contribution in [1.29, 1.82) is 0 Å². The van der Waals surface area contributed by atoms with E-state index in [0.717, 1.165) is 0 Å². The zero-order valence-electron chi connectivity index (χ0n) is 10.3. The number of rotatable bonds is 3. The highest BCUT2D eigenvalue weighted by atomic mass is 16.5. The Kier molecular flexibility index (Phi) is 2.75. The molecule has 2 N–H and O–H groups in total. The van der Waals surface area contributed by atoms with Gasteiger partial charge in [-0.25, -0.2) is 9.97 Å². The molecule has 0 amide bonds. The first-order valence-corrected chi connectivity index (χ1v) is 5.89. The van der Waals surface area contributed by atoms with Crippen LogP contribution in [-0.2, 0) is 0 Å². The van der Waals surface area contributed by atoms with Crippen LogP contribution >= 0.6 is 0 Å². The van der Waals surface area contributed by atoms with E-state index in [-0.39, 0.29) is 5.95 Å². The van der Waals surface area contributed by atoms with Gasteiger partial charge in [0.15, 0.2) is 11.3 Å². The van der Waals surface area contributed by atoms with Crippen LogP contribution in [0.15, 0.2) is 34.9 Å². The number of pyridine rings is 1. The van der Waals surface area contributed by atoms with Gasteiger partial charge in [0.1, 0.15) is 5.69 Å². The summed E-state index contributed by atoms with van der Waals surface area (Å²) in [5.74, 6) is 1.24. The first kappa shape index (κ1) is 11.5. The second kappa shape index (κ2) is 4.56. The van der Waals surface area contributed by atoms with Crippen LogP contribution in [0, 0.1) is 0 Å². The molecular weight excluding hydrogens is 244 g/mol. The second-order valence-corrected chi connectivity index (χ2v) is 3.86. The van der Waals surface area contributed by atoms with Crippen LogP contribution in [0.3, 0.4) is 0 Å². The van der Waals surface area contributed by atoms with Crippen molar-refractivity contribution in [3.05, 3.63) is 30.5 Å². The predicted octanol–water partition coefficient (Wildman–Crippen LogP) is 2.27. The van der Waals surface area contributed by atoms with Crippen LogP contribution in [0.5, 0.6) is 5.88 Å². The number of aromatic nitrogens is 3. The predicted molar refractivity (Wildman–Crippen MR) is 70.6 cm³/mol. The number of nitrogens with zero attached hydrogens (tertiary/aromatic N) is 3. The van der Waals surface area contributed by atoms with Crippen LogP contribution < -0.4 is 10.5 Å². The van der Waals surface area contributed by atoms with Crippen molar-refractivity contribution >= 4 is 17.0 Å². The third-order valence-corrected chi connectivity index (χ3v) is 2.58. The van der Waals surface area contributed by atoms with Gasteiger partial charge in [0.25, 0.3) is 0 Å². The van der Waals surface area contributed by atoms with E-state index >= 15 is 0 Å². The molecule has 3 aromatic rings. The van der Waals surface area contributed by atoms with E-state index in [1.807, 2.05) is 31.2 Å². The fourth-order valence-electron chi connectivity index (χ4n) is 1.80. The molecule has 0 radical (unpaired) electrons. The highest BCUT2D eigenvalue weighted by Crippen LogP contribution is 2.25. The molecule has 0 unspecified atom stereocenters. The molecule has 6 heteroatoms. The molecule has 96 valence electrons. The van der Waals surface area contributed by atoms with Gasteiger partial charge >= 0.3 is 0 Å². The molecule has 0 spiro atoms. The van der Waals surface area contributed by atoms with Crippen LogP contribution in [-0.4, -0.2) is 21.6 Å². The fourth-order valence-corrected chi connectivity index (χ4v) is 1.80. The van der Waals surface area contributed by atoms with E-state index in [9.17, 15) is 0 Å². The number of anilines is 1. The molecule has 3 heterocycles. The molecule has 0 aromatic carbocycles. The Labute approximate surface area is 109 Å². The molecule has 0 aliphatic heterocycles. The monoisotopic (exact) mass is 256 g/mol. The molecule has 0 saturated carbocycles. The van der Waals surface area contributed by atoms with E-state index in [1.54, 1.807) is 6.26 Å². The number of hydrogen-bond acceptors (Lipinski definition) is 6. The molecule has 3 aromatic heterocycles. The number of hydrogen-bond donors (Lipinski definition) is 1. The Bertz CT molecular complexity index is 710. The minimum absolute atomic E-state index is 0.170. The van der Waals surface area contributed by atoms with E-state index in [2.05, 4.69) is 15.0 Å². The lowest BCUT2D eigenvalue weighted by Crippen LogP contribution is -2.02. The third-order valence-electron chi connectivity index (χ3n) is 2.58. The number of furan rings is 1. The summed E-state index contributed by atoms with van der Waals surface area (Å²) >= 11 is 0. The van der Waals surface area contributed by atoms with Gasteiger partial charge in [-0.2, -0.15) is 4.98 Å². The summed E-state index contributed by atoms with van der Waals surface area (Å²) in [6, 6.07) is 7.29. The molecule has 0 aliphatic rings. The molecule has 0 bridgehead atoms. The maximum absolute atomic E-state index is 5.64. The molecule has 3 rings (SSSR count). The normalized spacial score (nSPS) is 10.8. The number of nitrogen functional groups attached to an aromatic ring is 1. The van der Waals surface area contributed by atoms with E-state index < -0.39 is 0 Å². The van der Waals surface area contributed by atoms with Crippen molar-refractivity contribution in [2.24, 2.45) is 0 Å². The van der Waals surface area contributed by atoms with Gasteiger partial charge in [0.05, 0.1) is 18.4 Å². The van der Waals surface area contributed by atoms with Crippen LogP contribution in [0.4, 0.5) is 5.95 Å². The van der Waals surface area contributed by atoms with Gasteiger partial charge in [-0.3, -0.25) is 0 Å². The quantitative estimate of drug-likeness (QED) is 0.773. The van der Waals surface area contributed by atoms with Crippen molar-refractivity contribution < 1.29 is 9.15 Å². The number of ether oxygens (including phenoxy) is 1. The average Bonchev–Trinajstić information content (AvgIpc) is 2.92. The van der Waals surface area contributed by atoms with Gasteiger partial charge in [0, 0.05) is 0 Å². The summed E-state index contributed by atoms with van der Waals surface area (Å²) in [6.07, 6.45) is 1.60. The Morgan fingerprint density at radius 1 is 1.21 bits per heavy atom. The highest BCUT2D eigenvalue weighted by molar-refractivity contribution is 5.82. The van der Waals surface area contributed by atoms with Gasteiger partial charge in [-0.1, -0.05) is 0 Å². The lowest BCUT2D eigenvalue weighted by molar-refractivity contribution is 0.330. The molecule has 0 aliphatic carbocycles. The average molecular weight is 256 g/mol. The maximum Gasteiger partial charge on any atom is 0.245 e. The Morgan fingerprint density at radius 2 is 2.11 bits per heavy atom. The molecule has 0 saturated heterocycles. The number of nitrogens with two attached hydrogens (primary N) is 1. The zero-order valence-corrected chi connectivity index (χ0v) is 10.3. The Hall–Kier alpha value is -2.63. The molecular formula is C13H12N4O2. The largest absolute Gasteiger partial charge is 0.476 e. The smallest absolute Gasteiger partial charge is 0.245 e. The van der Waals surface area contributed by atoms with Gasteiger partial charge in [-0.05, 0) is 31.2 Å². The van der Waals surface area contributed by atoms with E-state index in [4.69, 9.17) is 14.9 Å². The first-order valence-electron chi connectivity index (χ1n) is 5.89. The fraction of sp³-hybridized carbons (Fsp3) is 0.154. The van der Waals surface area contributed by atoms with Crippen LogP contribution in [0.2, 0.25) is 0 Å². The molecule has 6 nitrogen and oxygen atoms in total. The number of fused-ring (bicyclic) bond motifs is 1. The van der Waals surface area contributed by atoms with E-state index in [1.165, 1.54) is 0 Å². The summed E-state index contributed by atoms with van der Waals surface area (Å²) in [5, 5.41) is 0. The molecule has 19 heavy (non-hydrogen) atoms. The molecule has 0 atom stereocenters. The van der Waals surface area contributed by atoms with Crippen molar-refractivity contribution in [2.75, 3.05) is 12.3 Å². The summed E-state index contributed by atoms with van der Waals surface area (Å²) < 4.78 is 10.8. The summed E-state index contributed by atoms with van der Waals surface area (Å²) in [4.78, 5) is 12.7. The lowest BCUT2D eigenvalue weighted by atomic mass is 10.2. The second-order valence-electron chi connectivity index (χ2n) is 3.86. The first-order chi connectivity index (χ1) is 9.28. The highest BCUT2D eigenvalue weighted by Gasteiger charge is 2.11. The van der Waals surface area contributed by atoms with Gasteiger partial charge < -0.3 is 14.9 Å². The Morgan fingerprint density at radius 3 is 2.84 bits per heavy atom. The standard InChI is InChI=1S/C13H12N4O2/c1-2-18-12-11-9(16-13(14)17-12)6-5-8(15-11)10-4-3-7-19-10/h3-7H,2H2,1H3,(H2,14,16,17). The Balaban J connectivity index is 2.20. The lowest BCUT2D eigenvalue weighted by Gasteiger charge is -2.07. The van der Waals surface area contributed by atoms with Crippen molar-refractivity contribution in [3.8, 4) is 17.3 Å². The topological polar surface area (TPSA) is 87.1 Å². The zero-order chi connectivity index (χ0) is 13.2. The summed E-state index contributed by atoms with van der Waals surface area (Å²) in [7, 11) is 0. The van der Waals surface area contributed by atoms with Crippen molar-refractivity contribution in [3.63, 3.8) is 0 Å². The maximum atomic E-state index is 5.64. The van der Waals surface area contributed by atoms with Gasteiger partial charge in [0.2, 0.25) is 11.8 Å². The van der Waals surface area contributed by atoms with Crippen molar-refractivity contribution in [1.82, 2.24) is 15.0 Å². The van der Waals surface area contributed by atoms with Gasteiger partial charge in [-0.15, -0.1) is 0 Å². The summed E-state index contributed by atoms with van der Waals surface area (Å²) in [5.41, 5.74) is 7.56. The minimum atomic E-state index is 0.170. The molecule has 0 fully saturated rings. The van der Waals surface area contributed by atoms with Crippen LogP contribution in [0.1, 0.15) is 6.92 Å². The summed E-state index contributed by atoms with van der Waals surface area (Å²) in [6.45, 7) is 2.36.